The SMILES string of the molecule is O=C(COc1ccc(Br)cc1)Oc1ccc(Br)cc1. The minimum Gasteiger partial charge on any atom is -0.482 e. The molecule has 0 N–H and O–H groups in total. The van der Waals surface area contributed by atoms with Crippen molar-refractivity contribution in [1.29, 1.82) is 0 Å². The second-order valence-corrected chi connectivity index (χ2v) is 5.50. The largest absolute Gasteiger partial charge is 0.482 e. The zero-order valence-electron chi connectivity index (χ0n) is 9.81. The van der Waals surface area contributed by atoms with Crippen LogP contribution < -0.4 is 9.47 Å². The highest BCUT2D eigenvalue weighted by Crippen LogP contribution is 2.17. The lowest BCUT2D eigenvalue weighted by atomic mass is 10.3. The van der Waals surface area contributed by atoms with Crippen LogP contribution in [-0.4, -0.2) is 12.6 Å². The van der Waals surface area contributed by atoms with Gasteiger partial charge in [0.1, 0.15) is 11.5 Å². The van der Waals surface area contributed by atoms with E-state index in [0.29, 0.717) is 11.5 Å². The number of carbonyl (C=O) groups is 1. The fraction of sp³-hybridized carbons (Fsp3) is 0.0714. The van der Waals surface area contributed by atoms with Crippen LogP contribution >= 0.6 is 31.9 Å². The summed E-state index contributed by atoms with van der Waals surface area (Å²) in [6.07, 6.45) is 0. The van der Waals surface area contributed by atoms with Crippen molar-refractivity contribution in [2.45, 2.75) is 0 Å². The van der Waals surface area contributed by atoms with Gasteiger partial charge in [0.05, 0.1) is 0 Å². The van der Waals surface area contributed by atoms with Crippen molar-refractivity contribution in [3.8, 4) is 11.5 Å². The molecule has 0 fully saturated rings. The van der Waals surface area contributed by atoms with Gasteiger partial charge in [0.25, 0.3) is 0 Å². The molecule has 98 valence electrons. The number of carbonyl (C=O) groups excluding carboxylic acids is 1. The fourth-order valence-electron chi connectivity index (χ4n) is 1.34. The average molecular weight is 386 g/mol. The van der Waals surface area contributed by atoms with Crippen molar-refractivity contribution >= 4 is 37.8 Å². The molecule has 0 heterocycles. The lowest BCUT2D eigenvalue weighted by Crippen LogP contribution is -2.17. The van der Waals surface area contributed by atoms with Gasteiger partial charge in [0, 0.05) is 8.95 Å². The Hall–Kier alpha value is -1.33. The minimum atomic E-state index is -0.440. The van der Waals surface area contributed by atoms with E-state index in [-0.39, 0.29) is 6.61 Å². The van der Waals surface area contributed by atoms with E-state index < -0.39 is 5.97 Å². The Balaban J connectivity index is 1.84. The van der Waals surface area contributed by atoms with E-state index in [1.807, 2.05) is 12.1 Å². The first-order valence-corrected chi connectivity index (χ1v) is 7.07. The molecule has 2 rings (SSSR count). The van der Waals surface area contributed by atoms with E-state index in [1.54, 1.807) is 36.4 Å². The van der Waals surface area contributed by atoms with Crippen LogP contribution in [0.2, 0.25) is 0 Å². The maximum absolute atomic E-state index is 11.6. The van der Waals surface area contributed by atoms with Crippen molar-refractivity contribution in [2.75, 3.05) is 6.61 Å². The van der Waals surface area contributed by atoms with Crippen molar-refractivity contribution < 1.29 is 14.3 Å². The van der Waals surface area contributed by atoms with E-state index >= 15 is 0 Å². The Labute approximate surface area is 127 Å². The molecule has 3 nitrogen and oxygen atoms in total. The van der Waals surface area contributed by atoms with E-state index in [4.69, 9.17) is 9.47 Å². The molecule has 0 aliphatic carbocycles. The first-order valence-electron chi connectivity index (χ1n) is 5.48. The molecule has 0 aliphatic heterocycles. The molecular weight excluding hydrogens is 376 g/mol. The second-order valence-electron chi connectivity index (χ2n) is 3.67. The van der Waals surface area contributed by atoms with Crippen molar-refractivity contribution in [1.82, 2.24) is 0 Å². The Bertz CT molecular complexity index is 550. The lowest BCUT2D eigenvalue weighted by molar-refractivity contribution is -0.136. The molecule has 19 heavy (non-hydrogen) atoms. The van der Waals surface area contributed by atoms with Crippen LogP contribution in [0.3, 0.4) is 0 Å². The third kappa shape index (κ3) is 4.69. The highest BCUT2D eigenvalue weighted by atomic mass is 79.9. The number of hydrogen-bond donors (Lipinski definition) is 0. The molecule has 0 aromatic heterocycles. The average Bonchev–Trinajstić information content (AvgIpc) is 2.41. The predicted molar refractivity (Wildman–Crippen MR) is 79.4 cm³/mol. The standard InChI is InChI=1S/C14H10Br2O3/c15-10-1-5-12(6-2-10)18-9-14(17)19-13-7-3-11(16)4-8-13/h1-8H,9H2. The predicted octanol–water partition coefficient (Wildman–Crippen LogP) is 4.20. The zero-order chi connectivity index (χ0) is 13.7. The van der Waals surface area contributed by atoms with Crippen LogP contribution in [0.5, 0.6) is 11.5 Å². The number of ether oxygens (including phenoxy) is 2. The summed E-state index contributed by atoms with van der Waals surface area (Å²) in [7, 11) is 0. The van der Waals surface area contributed by atoms with Gasteiger partial charge in [0.2, 0.25) is 0 Å². The summed E-state index contributed by atoms with van der Waals surface area (Å²) < 4.78 is 12.3. The Kier molecular flexibility index (Phi) is 4.99. The highest BCUT2D eigenvalue weighted by molar-refractivity contribution is 9.10. The van der Waals surface area contributed by atoms with Gasteiger partial charge < -0.3 is 9.47 Å². The number of benzene rings is 2. The van der Waals surface area contributed by atoms with Gasteiger partial charge in [0.15, 0.2) is 6.61 Å². The Morgan fingerprint density at radius 1 is 0.842 bits per heavy atom. The third-order valence-corrected chi connectivity index (χ3v) is 3.27. The molecule has 0 saturated heterocycles. The molecule has 0 saturated carbocycles. The normalized spacial score (nSPS) is 10.0. The van der Waals surface area contributed by atoms with Gasteiger partial charge in [-0.05, 0) is 48.5 Å². The summed E-state index contributed by atoms with van der Waals surface area (Å²) in [5.41, 5.74) is 0. The monoisotopic (exact) mass is 384 g/mol. The van der Waals surface area contributed by atoms with E-state index in [1.165, 1.54) is 0 Å². The van der Waals surface area contributed by atoms with E-state index in [2.05, 4.69) is 31.9 Å². The number of hydrogen-bond acceptors (Lipinski definition) is 3. The zero-order valence-corrected chi connectivity index (χ0v) is 13.0. The van der Waals surface area contributed by atoms with Crippen molar-refractivity contribution in [3.05, 3.63) is 57.5 Å². The summed E-state index contributed by atoms with van der Waals surface area (Å²) in [6.45, 7) is -0.127. The van der Waals surface area contributed by atoms with Crippen LogP contribution in [0.25, 0.3) is 0 Å². The highest BCUT2D eigenvalue weighted by Gasteiger charge is 2.06. The maximum atomic E-state index is 11.6. The van der Waals surface area contributed by atoms with Crippen LogP contribution in [0.4, 0.5) is 0 Å². The maximum Gasteiger partial charge on any atom is 0.349 e. The van der Waals surface area contributed by atoms with Gasteiger partial charge in [-0.2, -0.15) is 0 Å². The van der Waals surface area contributed by atoms with Gasteiger partial charge in [-0.3, -0.25) is 0 Å². The Morgan fingerprint density at radius 3 is 1.84 bits per heavy atom. The van der Waals surface area contributed by atoms with Crippen LogP contribution in [0, 0.1) is 0 Å². The van der Waals surface area contributed by atoms with Crippen molar-refractivity contribution in [3.63, 3.8) is 0 Å². The van der Waals surface area contributed by atoms with Gasteiger partial charge >= 0.3 is 5.97 Å². The van der Waals surface area contributed by atoms with Crippen LogP contribution in [-0.2, 0) is 4.79 Å². The first kappa shape index (κ1) is 14.1. The molecule has 0 atom stereocenters. The fourth-order valence-corrected chi connectivity index (χ4v) is 1.87. The topological polar surface area (TPSA) is 35.5 Å². The molecular formula is C14H10Br2O3. The van der Waals surface area contributed by atoms with E-state index in [9.17, 15) is 4.79 Å². The summed E-state index contributed by atoms with van der Waals surface area (Å²) in [6, 6.07) is 14.3. The first-order chi connectivity index (χ1) is 9.13. The van der Waals surface area contributed by atoms with Crippen LogP contribution in [0.1, 0.15) is 0 Å². The molecule has 0 amide bonds. The number of halogens is 2. The summed E-state index contributed by atoms with van der Waals surface area (Å²) >= 11 is 6.63. The van der Waals surface area contributed by atoms with Gasteiger partial charge in [-0.15, -0.1) is 0 Å². The molecule has 0 radical (unpaired) electrons. The second kappa shape index (κ2) is 6.73. The summed E-state index contributed by atoms with van der Waals surface area (Å²) in [5.74, 6) is 0.675. The van der Waals surface area contributed by atoms with Gasteiger partial charge in [-0.25, -0.2) is 4.79 Å². The molecule has 0 unspecified atom stereocenters. The molecule has 0 bridgehead atoms. The smallest absolute Gasteiger partial charge is 0.349 e. The third-order valence-electron chi connectivity index (χ3n) is 2.22. The van der Waals surface area contributed by atoms with Crippen molar-refractivity contribution in [2.24, 2.45) is 0 Å². The Morgan fingerprint density at radius 2 is 1.32 bits per heavy atom. The lowest BCUT2D eigenvalue weighted by Gasteiger charge is -2.06. The molecule has 5 heteroatoms. The quantitative estimate of drug-likeness (QED) is 0.584. The number of rotatable bonds is 4. The summed E-state index contributed by atoms with van der Waals surface area (Å²) in [4.78, 5) is 11.6. The summed E-state index contributed by atoms with van der Waals surface area (Å²) in [5, 5.41) is 0. The molecule has 0 aliphatic rings. The number of esters is 1. The molecule has 2 aromatic carbocycles. The van der Waals surface area contributed by atoms with Gasteiger partial charge in [-0.1, -0.05) is 31.9 Å². The minimum absolute atomic E-state index is 0.127. The molecule has 2 aromatic rings. The molecule has 0 spiro atoms. The van der Waals surface area contributed by atoms with E-state index in [0.717, 1.165) is 8.95 Å². The van der Waals surface area contributed by atoms with Crippen LogP contribution in [0.15, 0.2) is 57.5 Å².